The van der Waals surface area contributed by atoms with Crippen LogP contribution in [0.15, 0.2) is 53.4 Å². The molecule has 2 aromatic carbocycles. The number of aryl methyl sites for hydroxylation is 1. The summed E-state index contributed by atoms with van der Waals surface area (Å²) in [5, 5.41) is 9.31. The van der Waals surface area contributed by atoms with Crippen LogP contribution < -0.4 is 4.72 Å². The summed E-state index contributed by atoms with van der Waals surface area (Å²) in [4.78, 5) is 0.234. The van der Waals surface area contributed by atoms with E-state index in [1.807, 2.05) is 6.92 Å². The summed E-state index contributed by atoms with van der Waals surface area (Å²) in [6.07, 6.45) is 0. The van der Waals surface area contributed by atoms with Crippen LogP contribution in [0, 0.1) is 6.92 Å². The van der Waals surface area contributed by atoms with Gasteiger partial charge in [-0.05, 0) is 36.8 Å². The Kier molecular flexibility index (Phi) is 3.87. The van der Waals surface area contributed by atoms with E-state index in [2.05, 4.69) is 4.72 Å². The van der Waals surface area contributed by atoms with Crippen molar-refractivity contribution in [1.82, 2.24) is 4.72 Å². The fourth-order valence-corrected chi connectivity index (χ4v) is 2.66. The molecule has 0 unspecified atom stereocenters. The second-order valence-corrected chi connectivity index (χ2v) is 6.07. The van der Waals surface area contributed by atoms with E-state index in [4.69, 9.17) is 0 Å². The first kappa shape index (κ1) is 13.6. The van der Waals surface area contributed by atoms with Gasteiger partial charge in [0.15, 0.2) is 0 Å². The molecule has 0 amide bonds. The molecule has 2 rings (SSSR count). The molecule has 0 spiro atoms. The maximum Gasteiger partial charge on any atom is 0.240 e. The Balaban J connectivity index is 2.12. The molecule has 2 N–H and O–H groups in total. The highest BCUT2D eigenvalue weighted by atomic mass is 32.2. The van der Waals surface area contributed by atoms with Gasteiger partial charge in [0.2, 0.25) is 10.0 Å². The van der Waals surface area contributed by atoms with Gasteiger partial charge < -0.3 is 5.11 Å². The van der Waals surface area contributed by atoms with Crippen LogP contribution in [0.4, 0.5) is 0 Å². The molecule has 0 atom stereocenters. The average molecular weight is 277 g/mol. The molecule has 0 heterocycles. The van der Waals surface area contributed by atoms with Crippen molar-refractivity contribution in [2.45, 2.75) is 18.4 Å². The Morgan fingerprint density at radius 1 is 1.11 bits per heavy atom. The van der Waals surface area contributed by atoms with Gasteiger partial charge in [0.25, 0.3) is 0 Å². The highest BCUT2D eigenvalue weighted by Crippen LogP contribution is 2.13. The third-order valence-corrected chi connectivity index (χ3v) is 4.13. The van der Waals surface area contributed by atoms with Crippen molar-refractivity contribution < 1.29 is 13.5 Å². The lowest BCUT2D eigenvalue weighted by Gasteiger charge is -2.07. The first-order chi connectivity index (χ1) is 8.97. The Bertz CT molecular complexity index is 663. The minimum atomic E-state index is -3.52. The Hall–Kier alpha value is -1.85. The van der Waals surface area contributed by atoms with Crippen molar-refractivity contribution in [3.05, 3.63) is 59.7 Å². The second kappa shape index (κ2) is 5.42. The van der Waals surface area contributed by atoms with Crippen LogP contribution in [0.5, 0.6) is 5.75 Å². The molecule has 100 valence electrons. The quantitative estimate of drug-likeness (QED) is 0.900. The van der Waals surface area contributed by atoms with E-state index in [0.717, 1.165) is 5.56 Å². The lowest BCUT2D eigenvalue weighted by atomic mass is 10.2. The van der Waals surface area contributed by atoms with Crippen molar-refractivity contribution in [3.63, 3.8) is 0 Å². The monoisotopic (exact) mass is 277 g/mol. The summed E-state index contributed by atoms with van der Waals surface area (Å²) in [6.45, 7) is 2.04. The van der Waals surface area contributed by atoms with Gasteiger partial charge in [0.05, 0.1) is 4.90 Å². The fourth-order valence-electron chi connectivity index (χ4n) is 1.65. The Morgan fingerprint density at radius 2 is 1.79 bits per heavy atom. The highest BCUT2D eigenvalue weighted by Gasteiger charge is 2.13. The summed E-state index contributed by atoms with van der Waals surface area (Å²) in [5.41, 5.74) is 1.71. The van der Waals surface area contributed by atoms with Crippen molar-refractivity contribution in [2.24, 2.45) is 0 Å². The number of benzene rings is 2. The zero-order chi connectivity index (χ0) is 13.9. The van der Waals surface area contributed by atoms with Crippen LogP contribution in [-0.2, 0) is 16.6 Å². The predicted octanol–water partition coefficient (Wildman–Crippen LogP) is 2.18. The van der Waals surface area contributed by atoms with Crippen LogP contribution in [0.25, 0.3) is 0 Å². The minimum absolute atomic E-state index is 0.118. The SMILES string of the molecule is Cc1ccc(S(=O)(=O)NCc2cccc(O)c2)cc1. The van der Waals surface area contributed by atoms with Crippen molar-refractivity contribution in [2.75, 3.05) is 0 Å². The zero-order valence-corrected chi connectivity index (χ0v) is 11.3. The van der Waals surface area contributed by atoms with Crippen molar-refractivity contribution >= 4 is 10.0 Å². The summed E-state index contributed by atoms with van der Waals surface area (Å²) in [6, 6.07) is 13.1. The fraction of sp³-hybridized carbons (Fsp3) is 0.143. The van der Waals surface area contributed by atoms with Gasteiger partial charge in [-0.3, -0.25) is 0 Å². The molecule has 0 aromatic heterocycles. The van der Waals surface area contributed by atoms with E-state index in [-0.39, 0.29) is 17.2 Å². The van der Waals surface area contributed by atoms with E-state index in [1.54, 1.807) is 36.4 Å². The van der Waals surface area contributed by atoms with Crippen LogP contribution in [-0.4, -0.2) is 13.5 Å². The molecule has 0 aliphatic heterocycles. The number of rotatable bonds is 4. The second-order valence-electron chi connectivity index (χ2n) is 4.31. The molecule has 0 aliphatic rings. The Morgan fingerprint density at radius 3 is 2.42 bits per heavy atom. The number of hydrogen-bond acceptors (Lipinski definition) is 3. The third-order valence-electron chi connectivity index (χ3n) is 2.71. The maximum atomic E-state index is 12.0. The first-order valence-corrected chi connectivity index (χ1v) is 7.30. The van der Waals surface area contributed by atoms with Gasteiger partial charge >= 0.3 is 0 Å². The molecule has 4 nitrogen and oxygen atoms in total. The number of hydrogen-bond donors (Lipinski definition) is 2. The molecular weight excluding hydrogens is 262 g/mol. The summed E-state index contributed by atoms with van der Waals surface area (Å²) >= 11 is 0. The topological polar surface area (TPSA) is 66.4 Å². The number of sulfonamides is 1. The molecule has 0 saturated heterocycles. The van der Waals surface area contributed by atoms with Gasteiger partial charge in [0.1, 0.15) is 5.75 Å². The van der Waals surface area contributed by atoms with Crippen LogP contribution >= 0.6 is 0 Å². The van der Waals surface area contributed by atoms with E-state index < -0.39 is 10.0 Å². The van der Waals surface area contributed by atoms with E-state index in [9.17, 15) is 13.5 Å². The molecule has 0 bridgehead atoms. The smallest absolute Gasteiger partial charge is 0.240 e. The molecule has 0 fully saturated rings. The maximum absolute atomic E-state index is 12.0. The lowest BCUT2D eigenvalue weighted by Crippen LogP contribution is -2.23. The summed E-state index contributed by atoms with van der Waals surface area (Å²) in [7, 11) is -3.52. The lowest BCUT2D eigenvalue weighted by molar-refractivity contribution is 0.474. The van der Waals surface area contributed by atoms with E-state index in [0.29, 0.717) is 5.56 Å². The van der Waals surface area contributed by atoms with E-state index in [1.165, 1.54) is 12.1 Å². The Labute approximate surface area is 112 Å². The number of nitrogens with one attached hydrogen (secondary N) is 1. The predicted molar refractivity (Wildman–Crippen MR) is 73.3 cm³/mol. The molecule has 5 heteroatoms. The van der Waals surface area contributed by atoms with E-state index >= 15 is 0 Å². The number of aromatic hydroxyl groups is 1. The standard InChI is InChI=1S/C14H15NO3S/c1-11-5-7-14(8-6-11)19(17,18)15-10-12-3-2-4-13(16)9-12/h2-9,15-16H,10H2,1H3. The van der Waals surface area contributed by atoms with Crippen LogP contribution in [0.1, 0.15) is 11.1 Å². The van der Waals surface area contributed by atoms with Gasteiger partial charge in [-0.15, -0.1) is 0 Å². The minimum Gasteiger partial charge on any atom is -0.508 e. The van der Waals surface area contributed by atoms with Crippen LogP contribution in [0.2, 0.25) is 0 Å². The third kappa shape index (κ3) is 3.56. The van der Waals surface area contributed by atoms with Crippen molar-refractivity contribution in [3.8, 4) is 5.75 Å². The van der Waals surface area contributed by atoms with Gasteiger partial charge in [-0.1, -0.05) is 29.8 Å². The number of phenols is 1. The molecule has 0 aliphatic carbocycles. The summed E-state index contributed by atoms with van der Waals surface area (Å²) < 4.78 is 26.6. The number of phenolic OH excluding ortho intramolecular Hbond substituents is 1. The zero-order valence-electron chi connectivity index (χ0n) is 10.5. The average Bonchev–Trinajstić information content (AvgIpc) is 2.37. The first-order valence-electron chi connectivity index (χ1n) is 5.82. The normalized spacial score (nSPS) is 11.4. The molecule has 0 saturated carbocycles. The van der Waals surface area contributed by atoms with Crippen molar-refractivity contribution in [1.29, 1.82) is 0 Å². The van der Waals surface area contributed by atoms with Gasteiger partial charge in [-0.25, -0.2) is 13.1 Å². The molecular formula is C14H15NO3S. The molecule has 0 radical (unpaired) electrons. The highest BCUT2D eigenvalue weighted by molar-refractivity contribution is 7.89. The summed E-state index contributed by atoms with van der Waals surface area (Å²) in [5.74, 6) is 0.118. The van der Waals surface area contributed by atoms with Gasteiger partial charge in [0, 0.05) is 6.54 Å². The van der Waals surface area contributed by atoms with Crippen LogP contribution in [0.3, 0.4) is 0 Å². The van der Waals surface area contributed by atoms with Gasteiger partial charge in [-0.2, -0.15) is 0 Å². The molecule has 2 aromatic rings. The molecule has 19 heavy (non-hydrogen) atoms. The largest absolute Gasteiger partial charge is 0.508 e.